The van der Waals surface area contributed by atoms with Crippen LogP contribution in [0, 0.1) is 5.92 Å². The van der Waals surface area contributed by atoms with Crippen LogP contribution in [0.5, 0.6) is 0 Å². The van der Waals surface area contributed by atoms with Gasteiger partial charge < -0.3 is 14.9 Å². The fourth-order valence-corrected chi connectivity index (χ4v) is 4.13. The Kier molecular flexibility index (Phi) is 4.74. The molecule has 1 aromatic heterocycles. The summed E-state index contributed by atoms with van der Waals surface area (Å²) in [4.78, 5) is 21.0. The summed E-state index contributed by atoms with van der Waals surface area (Å²) in [5, 5.41) is 10.9. The number of piperidine rings is 1. The molecule has 2 aliphatic heterocycles. The van der Waals surface area contributed by atoms with Gasteiger partial charge in [0.2, 0.25) is 5.91 Å². The molecular weight excluding hydrogens is 326 g/mol. The van der Waals surface area contributed by atoms with Crippen molar-refractivity contribution in [2.24, 2.45) is 5.92 Å². The Morgan fingerprint density at radius 2 is 1.81 bits per heavy atom. The minimum Gasteiger partial charge on any atom is -0.383 e. The highest BCUT2D eigenvalue weighted by Crippen LogP contribution is 2.32. The van der Waals surface area contributed by atoms with E-state index in [0.717, 1.165) is 37.6 Å². The Balaban J connectivity index is 1.33. The Morgan fingerprint density at radius 1 is 1.08 bits per heavy atom. The van der Waals surface area contributed by atoms with E-state index >= 15 is 0 Å². The van der Waals surface area contributed by atoms with Crippen molar-refractivity contribution in [3.63, 3.8) is 0 Å². The number of hydrogen-bond acceptors (Lipinski definition) is 4. The third-order valence-electron chi connectivity index (χ3n) is 5.61. The Morgan fingerprint density at radius 3 is 2.50 bits per heavy atom. The van der Waals surface area contributed by atoms with Crippen LogP contribution >= 0.6 is 0 Å². The number of aromatic nitrogens is 1. The molecule has 26 heavy (non-hydrogen) atoms. The average Bonchev–Trinajstić information content (AvgIpc) is 3.05. The third kappa shape index (κ3) is 3.50. The maximum Gasteiger partial charge on any atom is 0.227 e. The van der Waals surface area contributed by atoms with Crippen LogP contribution in [0.2, 0.25) is 0 Å². The molecule has 0 aliphatic carbocycles. The number of carbonyl (C=O) groups excluding carboxylic acids is 1. The maximum absolute atomic E-state index is 12.4. The molecule has 4 rings (SSSR count). The summed E-state index contributed by atoms with van der Waals surface area (Å²) >= 11 is 0. The zero-order valence-electron chi connectivity index (χ0n) is 14.9. The van der Waals surface area contributed by atoms with Crippen molar-refractivity contribution < 1.29 is 9.90 Å². The summed E-state index contributed by atoms with van der Waals surface area (Å²) in [6.07, 6.45) is 3.72. The molecule has 0 radical (unpaired) electrons. The van der Waals surface area contributed by atoms with Crippen LogP contribution < -0.4 is 4.90 Å². The van der Waals surface area contributed by atoms with Gasteiger partial charge in [-0.1, -0.05) is 24.3 Å². The minimum absolute atomic E-state index is 0.211. The molecule has 136 valence electrons. The number of para-hydroxylation sites is 1. The molecule has 2 fully saturated rings. The summed E-state index contributed by atoms with van der Waals surface area (Å²) in [5.41, 5.74) is 0.938. The van der Waals surface area contributed by atoms with Crippen LogP contribution in [0.25, 0.3) is 0 Å². The lowest BCUT2D eigenvalue weighted by atomic mass is 9.87. The standard InChI is InChI=1S/C21H25N3O2/c25-20-14-17(16-24(20)18-6-2-1-3-7-18)15-23-12-9-21(26,10-13-23)19-8-4-5-11-22-19/h1-8,11,17,26H,9-10,12-16H2. The molecule has 3 heterocycles. The number of pyridine rings is 1. The SMILES string of the molecule is O=C1CC(CN2CCC(O)(c3ccccn3)CC2)CN1c1ccccc1. The maximum atomic E-state index is 12.4. The van der Waals surface area contributed by atoms with E-state index in [1.807, 2.05) is 53.4 Å². The van der Waals surface area contributed by atoms with E-state index in [-0.39, 0.29) is 5.91 Å². The van der Waals surface area contributed by atoms with Gasteiger partial charge in [0.1, 0.15) is 5.60 Å². The lowest BCUT2D eigenvalue weighted by molar-refractivity contribution is -0.117. The van der Waals surface area contributed by atoms with Gasteiger partial charge in [0.15, 0.2) is 0 Å². The zero-order valence-corrected chi connectivity index (χ0v) is 14.9. The Labute approximate surface area is 154 Å². The monoisotopic (exact) mass is 351 g/mol. The molecule has 1 atom stereocenters. The number of anilines is 1. The fraction of sp³-hybridized carbons (Fsp3) is 0.429. The topological polar surface area (TPSA) is 56.7 Å². The third-order valence-corrected chi connectivity index (χ3v) is 5.61. The number of hydrogen-bond donors (Lipinski definition) is 1. The lowest BCUT2D eigenvalue weighted by Gasteiger charge is -2.38. The molecule has 0 spiro atoms. The number of carbonyl (C=O) groups is 1. The second kappa shape index (κ2) is 7.17. The molecule has 0 bridgehead atoms. The van der Waals surface area contributed by atoms with Gasteiger partial charge in [0.25, 0.3) is 0 Å². The smallest absolute Gasteiger partial charge is 0.227 e. The van der Waals surface area contributed by atoms with Gasteiger partial charge in [-0.05, 0) is 43.0 Å². The van der Waals surface area contributed by atoms with Gasteiger partial charge in [-0.15, -0.1) is 0 Å². The molecular formula is C21H25N3O2. The van der Waals surface area contributed by atoms with Crippen molar-refractivity contribution in [1.29, 1.82) is 0 Å². The largest absolute Gasteiger partial charge is 0.383 e. The highest BCUT2D eigenvalue weighted by molar-refractivity contribution is 5.95. The molecule has 1 aromatic carbocycles. The number of likely N-dealkylation sites (tertiary alicyclic amines) is 1. The summed E-state index contributed by atoms with van der Waals surface area (Å²) < 4.78 is 0. The van der Waals surface area contributed by atoms with Gasteiger partial charge in [0, 0.05) is 44.5 Å². The first-order valence-electron chi connectivity index (χ1n) is 9.36. The second-order valence-corrected chi connectivity index (χ2v) is 7.46. The number of aliphatic hydroxyl groups is 1. The minimum atomic E-state index is -0.820. The van der Waals surface area contributed by atoms with E-state index in [0.29, 0.717) is 25.2 Å². The van der Waals surface area contributed by atoms with Gasteiger partial charge in [-0.3, -0.25) is 9.78 Å². The Bertz CT molecular complexity index is 742. The van der Waals surface area contributed by atoms with E-state index in [4.69, 9.17) is 0 Å². The summed E-state index contributed by atoms with van der Waals surface area (Å²) in [7, 11) is 0. The van der Waals surface area contributed by atoms with Crippen LogP contribution in [-0.4, -0.2) is 47.1 Å². The molecule has 2 aliphatic rings. The number of rotatable bonds is 4. The molecule has 0 saturated carbocycles. The van der Waals surface area contributed by atoms with E-state index in [2.05, 4.69) is 9.88 Å². The quantitative estimate of drug-likeness (QED) is 0.919. The fourth-order valence-electron chi connectivity index (χ4n) is 4.13. The molecule has 1 unspecified atom stereocenters. The normalized spacial score (nSPS) is 23.3. The molecule has 5 nitrogen and oxygen atoms in total. The van der Waals surface area contributed by atoms with Gasteiger partial charge in [0.05, 0.1) is 5.69 Å². The number of nitrogens with zero attached hydrogens (tertiary/aromatic N) is 3. The molecule has 1 N–H and O–H groups in total. The van der Waals surface area contributed by atoms with E-state index in [1.54, 1.807) is 6.20 Å². The first kappa shape index (κ1) is 17.2. The zero-order chi connectivity index (χ0) is 18.0. The van der Waals surface area contributed by atoms with Crippen molar-refractivity contribution in [2.75, 3.05) is 31.1 Å². The van der Waals surface area contributed by atoms with E-state index in [1.165, 1.54) is 0 Å². The first-order chi connectivity index (χ1) is 12.6. The highest BCUT2D eigenvalue weighted by Gasteiger charge is 2.37. The van der Waals surface area contributed by atoms with Gasteiger partial charge in [-0.25, -0.2) is 0 Å². The number of amides is 1. The van der Waals surface area contributed by atoms with E-state index < -0.39 is 5.60 Å². The van der Waals surface area contributed by atoms with Crippen molar-refractivity contribution >= 4 is 11.6 Å². The van der Waals surface area contributed by atoms with Crippen molar-refractivity contribution in [3.8, 4) is 0 Å². The van der Waals surface area contributed by atoms with Gasteiger partial charge in [-0.2, -0.15) is 0 Å². The van der Waals surface area contributed by atoms with Crippen LogP contribution in [0.3, 0.4) is 0 Å². The number of benzene rings is 1. The molecule has 1 amide bonds. The predicted molar refractivity (Wildman–Crippen MR) is 101 cm³/mol. The van der Waals surface area contributed by atoms with E-state index in [9.17, 15) is 9.90 Å². The summed E-state index contributed by atoms with van der Waals surface area (Å²) in [6.45, 7) is 3.36. The van der Waals surface area contributed by atoms with Gasteiger partial charge >= 0.3 is 0 Å². The predicted octanol–water partition coefficient (Wildman–Crippen LogP) is 2.42. The van der Waals surface area contributed by atoms with Crippen molar-refractivity contribution in [3.05, 3.63) is 60.4 Å². The highest BCUT2D eigenvalue weighted by atomic mass is 16.3. The molecule has 5 heteroatoms. The lowest BCUT2D eigenvalue weighted by Crippen LogP contribution is -2.44. The summed E-state index contributed by atoms with van der Waals surface area (Å²) in [6, 6.07) is 15.6. The van der Waals surface area contributed by atoms with Crippen LogP contribution in [0.4, 0.5) is 5.69 Å². The molecule has 2 saturated heterocycles. The van der Waals surface area contributed by atoms with Crippen molar-refractivity contribution in [1.82, 2.24) is 9.88 Å². The van der Waals surface area contributed by atoms with Crippen LogP contribution in [0.1, 0.15) is 25.0 Å². The Hall–Kier alpha value is -2.24. The van der Waals surface area contributed by atoms with Crippen molar-refractivity contribution in [2.45, 2.75) is 24.9 Å². The van der Waals surface area contributed by atoms with Crippen LogP contribution in [0.15, 0.2) is 54.7 Å². The average molecular weight is 351 g/mol. The molecule has 2 aromatic rings. The second-order valence-electron chi connectivity index (χ2n) is 7.46. The summed E-state index contributed by atoms with van der Waals surface area (Å²) in [5.74, 6) is 0.562. The van der Waals surface area contributed by atoms with Crippen LogP contribution in [-0.2, 0) is 10.4 Å². The first-order valence-corrected chi connectivity index (χ1v) is 9.36.